The molecular formula is C14H14N2O3. The molecule has 4 rings (SSSR count). The molecule has 3 heterocycles. The van der Waals surface area contributed by atoms with Crippen LogP contribution in [0.1, 0.15) is 23.8 Å². The summed E-state index contributed by atoms with van der Waals surface area (Å²) < 4.78 is 16.2. The third-order valence-corrected chi connectivity index (χ3v) is 3.67. The summed E-state index contributed by atoms with van der Waals surface area (Å²) in [5.41, 5.74) is 2.20. The molecule has 5 nitrogen and oxygen atoms in total. The SMILES string of the molecule is c1cc2c(cc1-c1noc(C3CCOC3)n1)CCO2. The molecule has 0 aliphatic carbocycles. The van der Waals surface area contributed by atoms with Crippen molar-refractivity contribution in [3.8, 4) is 17.1 Å². The summed E-state index contributed by atoms with van der Waals surface area (Å²) in [6.45, 7) is 2.22. The predicted octanol–water partition coefficient (Wildman–Crippen LogP) is 2.18. The molecule has 0 N–H and O–H groups in total. The Morgan fingerprint density at radius 2 is 2.21 bits per heavy atom. The Bertz CT molecular complexity index is 602. The van der Waals surface area contributed by atoms with Gasteiger partial charge >= 0.3 is 0 Å². The number of aromatic nitrogens is 2. The Kier molecular flexibility index (Phi) is 2.51. The monoisotopic (exact) mass is 258 g/mol. The lowest BCUT2D eigenvalue weighted by atomic mass is 10.1. The van der Waals surface area contributed by atoms with Crippen molar-refractivity contribution in [3.63, 3.8) is 0 Å². The van der Waals surface area contributed by atoms with E-state index in [-0.39, 0.29) is 5.92 Å². The predicted molar refractivity (Wildman–Crippen MR) is 67.1 cm³/mol. The summed E-state index contributed by atoms with van der Waals surface area (Å²) in [5, 5.41) is 4.07. The number of hydrogen-bond acceptors (Lipinski definition) is 5. The van der Waals surface area contributed by atoms with Crippen LogP contribution in [-0.4, -0.2) is 30.0 Å². The quantitative estimate of drug-likeness (QED) is 0.826. The summed E-state index contributed by atoms with van der Waals surface area (Å²) in [5.74, 6) is 2.55. The van der Waals surface area contributed by atoms with E-state index in [1.807, 2.05) is 12.1 Å². The maximum absolute atomic E-state index is 5.50. The minimum absolute atomic E-state index is 0.249. The smallest absolute Gasteiger partial charge is 0.232 e. The largest absolute Gasteiger partial charge is 0.493 e. The third kappa shape index (κ3) is 1.90. The molecule has 2 aliphatic heterocycles. The molecule has 1 atom stereocenters. The van der Waals surface area contributed by atoms with Crippen LogP contribution in [0.25, 0.3) is 11.4 Å². The Morgan fingerprint density at radius 3 is 3.11 bits per heavy atom. The molecule has 98 valence electrons. The zero-order valence-corrected chi connectivity index (χ0v) is 10.5. The lowest BCUT2D eigenvalue weighted by Crippen LogP contribution is -1.97. The molecule has 2 aliphatic rings. The second-order valence-electron chi connectivity index (χ2n) is 4.94. The van der Waals surface area contributed by atoms with Crippen LogP contribution in [0, 0.1) is 0 Å². The molecular weight excluding hydrogens is 244 g/mol. The van der Waals surface area contributed by atoms with Crippen molar-refractivity contribution < 1.29 is 14.0 Å². The van der Waals surface area contributed by atoms with Gasteiger partial charge in [-0.2, -0.15) is 4.98 Å². The zero-order chi connectivity index (χ0) is 12.7. The fourth-order valence-corrected chi connectivity index (χ4v) is 2.57. The van der Waals surface area contributed by atoms with Gasteiger partial charge in [0.2, 0.25) is 11.7 Å². The van der Waals surface area contributed by atoms with E-state index in [4.69, 9.17) is 14.0 Å². The number of nitrogens with zero attached hydrogens (tertiary/aromatic N) is 2. The molecule has 5 heteroatoms. The second-order valence-corrected chi connectivity index (χ2v) is 4.94. The van der Waals surface area contributed by atoms with Crippen molar-refractivity contribution in [1.82, 2.24) is 10.1 Å². The van der Waals surface area contributed by atoms with Crippen molar-refractivity contribution in [2.45, 2.75) is 18.8 Å². The van der Waals surface area contributed by atoms with E-state index in [0.29, 0.717) is 18.3 Å². The number of hydrogen-bond donors (Lipinski definition) is 0. The van der Waals surface area contributed by atoms with Crippen LogP contribution in [0.4, 0.5) is 0 Å². The highest BCUT2D eigenvalue weighted by Gasteiger charge is 2.24. The molecule has 0 radical (unpaired) electrons. The molecule has 1 saturated heterocycles. The lowest BCUT2D eigenvalue weighted by molar-refractivity contribution is 0.189. The highest BCUT2D eigenvalue weighted by Crippen LogP contribution is 2.30. The first-order chi connectivity index (χ1) is 9.40. The molecule has 2 aromatic rings. The molecule has 1 unspecified atom stereocenters. The Balaban J connectivity index is 1.65. The lowest BCUT2D eigenvalue weighted by Gasteiger charge is -2.00. The average molecular weight is 258 g/mol. The molecule has 0 spiro atoms. The van der Waals surface area contributed by atoms with E-state index in [9.17, 15) is 0 Å². The number of ether oxygens (including phenoxy) is 2. The Labute approximate surface area is 110 Å². The van der Waals surface area contributed by atoms with Crippen molar-refractivity contribution in [2.75, 3.05) is 19.8 Å². The third-order valence-electron chi connectivity index (χ3n) is 3.67. The molecule has 19 heavy (non-hydrogen) atoms. The summed E-state index contributed by atoms with van der Waals surface area (Å²) in [6, 6.07) is 6.04. The van der Waals surface area contributed by atoms with Crippen LogP contribution in [0.5, 0.6) is 5.75 Å². The van der Waals surface area contributed by atoms with Crippen molar-refractivity contribution >= 4 is 0 Å². The van der Waals surface area contributed by atoms with Gasteiger partial charge in [-0.1, -0.05) is 5.16 Å². The summed E-state index contributed by atoms with van der Waals surface area (Å²) in [7, 11) is 0. The Hall–Kier alpha value is -1.88. The highest BCUT2D eigenvalue weighted by molar-refractivity contribution is 5.59. The fraction of sp³-hybridized carbons (Fsp3) is 0.429. The van der Waals surface area contributed by atoms with E-state index in [0.717, 1.165) is 37.4 Å². The van der Waals surface area contributed by atoms with E-state index >= 15 is 0 Å². The van der Waals surface area contributed by atoms with Gasteiger partial charge < -0.3 is 14.0 Å². The summed E-state index contributed by atoms with van der Waals surface area (Å²) in [6.07, 6.45) is 1.91. The van der Waals surface area contributed by atoms with Gasteiger partial charge in [-0.3, -0.25) is 0 Å². The van der Waals surface area contributed by atoms with Crippen molar-refractivity contribution in [3.05, 3.63) is 29.7 Å². The normalized spacial score (nSPS) is 21.4. The van der Waals surface area contributed by atoms with Crippen LogP contribution in [0.15, 0.2) is 22.7 Å². The van der Waals surface area contributed by atoms with Gasteiger partial charge in [0.1, 0.15) is 5.75 Å². The number of rotatable bonds is 2. The van der Waals surface area contributed by atoms with Crippen LogP contribution in [0.2, 0.25) is 0 Å². The molecule has 1 fully saturated rings. The van der Waals surface area contributed by atoms with Crippen LogP contribution in [0.3, 0.4) is 0 Å². The standard InChI is InChI=1S/C14H14N2O3/c1-2-12-9(4-6-18-12)7-10(1)13-15-14(19-16-13)11-3-5-17-8-11/h1-2,7,11H,3-6,8H2. The Morgan fingerprint density at radius 1 is 1.21 bits per heavy atom. The van der Waals surface area contributed by atoms with Gasteiger partial charge in [-0.25, -0.2) is 0 Å². The molecule has 0 saturated carbocycles. The molecule has 1 aromatic carbocycles. The van der Waals surface area contributed by atoms with Crippen molar-refractivity contribution in [1.29, 1.82) is 0 Å². The van der Waals surface area contributed by atoms with Gasteiger partial charge in [-0.15, -0.1) is 0 Å². The first kappa shape index (κ1) is 11.0. The van der Waals surface area contributed by atoms with E-state index in [1.54, 1.807) is 0 Å². The highest BCUT2D eigenvalue weighted by atomic mass is 16.5. The summed E-state index contributed by atoms with van der Waals surface area (Å²) in [4.78, 5) is 4.49. The van der Waals surface area contributed by atoms with Crippen LogP contribution < -0.4 is 4.74 Å². The molecule has 0 amide bonds. The minimum atomic E-state index is 0.249. The second kappa shape index (κ2) is 4.35. The maximum Gasteiger partial charge on any atom is 0.232 e. The average Bonchev–Trinajstić information content (AvgIpc) is 3.18. The van der Waals surface area contributed by atoms with Gasteiger partial charge in [0.05, 0.1) is 19.1 Å². The van der Waals surface area contributed by atoms with Crippen molar-refractivity contribution in [2.24, 2.45) is 0 Å². The number of fused-ring (bicyclic) bond motifs is 1. The fourth-order valence-electron chi connectivity index (χ4n) is 2.57. The van der Waals surface area contributed by atoms with Crippen LogP contribution >= 0.6 is 0 Å². The number of benzene rings is 1. The van der Waals surface area contributed by atoms with Crippen LogP contribution in [-0.2, 0) is 11.2 Å². The topological polar surface area (TPSA) is 57.4 Å². The van der Waals surface area contributed by atoms with Gasteiger partial charge in [0, 0.05) is 18.6 Å². The first-order valence-electron chi connectivity index (χ1n) is 6.57. The first-order valence-corrected chi connectivity index (χ1v) is 6.57. The molecule has 0 bridgehead atoms. The van der Waals surface area contributed by atoms with E-state index in [2.05, 4.69) is 16.2 Å². The van der Waals surface area contributed by atoms with Gasteiger partial charge in [-0.05, 0) is 30.2 Å². The molecule has 1 aromatic heterocycles. The van der Waals surface area contributed by atoms with Gasteiger partial charge in [0.15, 0.2) is 0 Å². The van der Waals surface area contributed by atoms with Gasteiger partial charge in [0.25, 0.3) is 0 Å². The van der Waals surface area contributed by atoms with E-state index in [1.165, 1.54) is 5.56 Å². The minimum Gasteiger partial charge on any atom is -0.493 e. The summed E-state index contributed by atoms with van der Waals surface area (Å²) >= 11 is 0. The van der Waals surface area contributed by atoms with E-state index < -0.39 is 0 Å². The zero-order valence-electron chi connectivity index (χ0n) is 10.5. The maximum atomic E-state index is 5.50.